The molecular weight excluding hydrogens is 341 g/mol. The number of hydrogen-bond donors (Lipinski definition) is 1. The monoisotopic (exact) mass is 354 g/mol. The van der Waals surface area contributed by atoms with Crippen LogP contribution in [-0.2, 0) is 6.42 Å². The minimum atomic E-state index is -4.42. The number of nitrogens with one attached hydrogen (secondary N) is 1. The third kappa shape index (κ3) is 5.15. The smallest absolute Gasteiger partial charge is 0.334 e. The van der Waals surface area contributed by atoms with Crippen molar-refractivity contribution in [2.75, 3.05) is 7.05 Å². The summed E-state index contributed by atoms with van der Waals surface area (Å²) in [5.74, 6) is 0.465. The maximum absolute atomic E-state index is 12.5. The van der Waals surface area contributed by atoms with Crippen LogP contribution in [0.1, 0.15) is 12.7 Å². The van der Waals surface area contributed by atoms with Gasteiger partial charge in [-0.05, 0) is 26.1 Å². The SMILES string of the molecule is CNC(C)Cc1noc(-c2cccnc2SC(F)(F)F)n1.Cl. The first-order valence-electron chi connectivity index (χ1n) is 6.10. The molecule has 2 rings (SSSR count). The first-order chi connectivity index (χ1) is 9.89. The standard InChI is InChI=1S/C12H13F3N4OS.ClH/c1-7(16-2)6-9-18-10(20-19-9)8-4-3-5-17-11(8)21-12(13,14)15;/h3-5,7,16H,6H2,1-2H3;1H. The fraction of sp³-hybridized carbons (Fsp3) is 0.417. The van der Waals surface area contributed by atoms with Gasteiger partial charge in [-0.25, -0.2) is 4.98 Å². The van der Waals surface area contributed by atoms with Crippen LogP contribution in [0.3, 0.4) is 0 Å². The Labute approximate surface area is 135 Å². The Kier molecular flexibility index (Phi) is 6.64. The molecule has 122 valence electrons. The van der Waals surface area contributed by atoms with Crippen molar-refractivity contribution >= 4 is 24.2 Å². The molecule has 0 aliphatic carbocycles. The van der Waals surface area contributed by atoms with E-state index in [4.69, 9.17) is 4.52 Å². The summed E-state index contributed by atoms with van der Waals surface area (Å²) in [5, 5.41) is 6.59. The van der Waals surface area contributed by atoms with Crippen molar-refractivity contribution < 1.29 is 17.7 Å². The van der Waals surface area contributed by atoms with E-state index < -0.39 is 5.51 Å². The van der Waals surface area contributed by atoms with Crippen molar-refractivity contribution in [3.63, 3.8) is 0 Å². The molecule has 0 aliphatic rings. The van der Waals surface area contributed by atoms with Crippen LogP contribution < -0.4 is 5.32 Å². The van der Waals surface area contributed by atoms with E-state index in [1.54, 1.807) is 7.05 Å². The summed E-state index contributed by atoms with van der Waals surface area (Å²) in [6.07, 6.45) is 1.81. The maximum atomic E-state index is 12.5. The molecule has 0 aromatic carbocycles. The van der Waals surface area contributed by atoms with E-state index in [1.165, 1.54) is 18.3 Å². The van der Waals surface area contributed by atoms with E-state index in [0.29, 0.717) is 12.2 Å². The molecule has 1 atom stereocenters. The Balaban J connectivity index is 0.00000242. The highest BCUT2D eigenvalue weighted by Gasteiger charge is 2.32. The van der Waals surface area contributed by atoms with Gasteiger partial charge in [0, 0.05) is 30.4 Å². The first-order valence-corrected chi connectivity index (χ1v) is 6.91. The zero-order valence-corrected chi connectivity index (χ0v) is 13.3. The van der Waals surface area contributed by atoms with Gasteiger partial charge in [0.2, 0.25) is 0 Å². The number of likely N-dealkylation sites (N-methyl/N-ethyl adjacent to an activating group) is 1. The molecule has 1 N–H and O–H groups in total. The number of thioether (sulfide) groups is 1. The predicted molar refractivity (Wildman–Crippen MR) is 78.9 cm³/mol. The molecular formula is C12H14ClF3N4OS. The van der Waals surface area contributed by atoms with Crippen LogP contribution in [-0.4, -0.2) is 33.7 Å². The highest BCUT2D eigenvalue weighted by molar-refractivity contribution is 8.00. The van der Waals surface area contributed by atoms with Crippen LogP contribution in [0, 0.1) is 0 Å². The van der Waals surface area contributed by atoms with Gasteiger partial charge in [-0.3, -0.25) is 0 Å². The second kappa shape index (κ2) is 7.80. The van der Waals surface area contributed by atoms with Crippen LogP contribution in [0.2, 0.25) is 0 Å². The molecule has 22 heavy (non-hydrogen) atoms. The van der Waals surface area contributed by atoms with Gasteiger partial charge < -0.3 is 9.84 Å². The van der Waals surface area contributed by atoms with E-state index in [1.807, 2.05) is 6.92 Å². The second-order valence-corrected chi connectivity index (χ2v) is 5.37. The number of nitrogens with zero attached hydrogens (tertiary/aromatic N) is 3. The van der Waals surface area contributed by atoms with Gasteiger partial charge in [0.05, 0.1) is 5.56 Å². The quantitative estimate of drug-likeness (QED) is 0.831. The van der Waals surface area contributed by atoms with Gasteiger partial charge in [0.15, 0.2) is 5.82 Å². The van der Waals surface area contributed by atoms with Gasteiger partial charge >= 0.3 is 5.51 Å². The normalized spacial score (nSPS) is 12.8. The molecule has 2 aromatic heterocycles. The third-order valence-corrected chi connectivity index (χ3v) is 3.41. The molecule has 0 fully saturated rings. The van der Waals surface area contributed by atoms with Crippen molar-refractivity contribution in [3.05, 3.63) is 24.2 Å². The fourth-order valence-electron chi connectivity index (χ4n) is 1.57. The minimum absolute atomic E-state index is 0. The molecule has 0 radical (unpaired) electrons. The summed E-state index contributed by atoms with van der Waals surface area (Å²) in [6, 6.07) is 3.13. The average Bonchev–Trinajstić information content (AvgIpc) is 2.85. The van der Waals surface area contributed by atoms with Gasteiger partial charge in [-0.2, -0.15) is 18.2 Å². The van der Waals surface area contributed by atoms with E-state index in [2.05, 4.69) is 20.4 Å². The predicted octanol–water partition coefficient (Wildman–Crippen LogP) is 3.32. The zero-order chi connectivity index (χ0) is 15.5. The number of halogens is 4. The van der Waals surface area contributed by atoms with Crippen molar-refractivity contribution in [3.8, 4) is 11.5 Å². The van der Waals surface area contributed by atoms with E-state index in [9.17, 15) is 13.2 Å². The first kappa shape index (κ1) is 18.7. The molecule has 0 bridgehead atoms. The summed E-state index contributed by atoms with van der Waals surface area (Å²) in [7, 11) is 1.80. The molecule has 0 aliphatic heterocycles. The third-order valence-electron chi connectivity index (χ3n) is 2.66. The van der Waals surface area contributed by atoms with Crippen LogP contribution >= 0.6 is 24.2 Å². The highest BCUT2D eigenvalue weighted by atomic mass is 35.5. The molecule has 2 heterocycles. The lowest BCUT2D eigenvalue weighted by Crippen LogP contribution is -2.24. The summed E-state index contributed by atoms with van der Waals surface area (Å²) in [4.78, 5) is 7.85. The molecule has 0 saturated carbocycles. The zero-order valence-electron chi connectivity index (χ0n) is 11.7. The maximum Gasteiger partial charge on any atom is 0.447 e. The Morgan fingerprint density at radius 2 is 2.14 bits per heavy atom. The van der Waals surface area contributed by atoms with Crippen molar-refractivity contribution in [2.45, 2.75) is 29.9 Å². The van der Waals surface area contributed by atoms with Gasteiger partial charge in [-0.1, -0.05) is 5.16 Å². The molecule has 0 spiro atoms. The van der Waals surface area contributed by atoms with Crippen molar-refractivity contribution in [2.24, 2.45) is 0 Å². The Morgan fingerprint density at radius 1 is 1.41 bits per heavy atom. The van der Waals surface area contributed by atoms with Crippen LogP contribution in [0.4, 0.5) is 13.2 Å². The van der Waals surface area contributed by atoms with Crippen LogP contribution in [0.5, 0.6) is 0 Å². The lowest BCUT2D eigenvalue weighted by atomic mass is 10.2. The molecule has 1 unspecified atom stereocenters. The molecule has 5 nitrogen and oxygen atoms in total. The van der Waals surface area contributed by atoms with Gasteiger partial charge in [0.25, 0.3) is 5.89 Å². The van der Waals surface area contributed by atoms with Crippen molar-refractivity contribution in [1.82, 2.24) is 20.4 Å². The van der Waals surface area contributed by atoms with Crippen molar-refractivity contribution in [1.29, 1.82) is 0 Å². The number of alkyl halides is 3. The minimum Gasteiger partial charge on any atom is -0.334 e. The molecule has 0 saturated heterocycles. The Morgan fingerprint density at radius 3 is 2.77 bits per heavy atom. The number of rotatable bonds is 5. The Bertz CT molecular complexity index is 608. The lowest BCUT2D eigenvalue weighted by molar-refractivity contribution is -0.0329. The largest absolute Gasteiger partial charge is 0.447 e. The van der Waals surface area contributed by atoms with Gasteiger partial charge in [-0.15, -0.1) is 12.4 Å². The number of pyridine rings is 1. The molecule has 2 aromatic rings. The van der Waals surface area contributed by atoms with Crippen LogP contribution in [0.25, 0.3) is 11.5 Å². The Hall–Kier alpha value is -1.32. The molecule has 10 heteroatoms. The fourth-order valence-corrected chi connectivity index (χ4v) is 2.16. The van der Waals surface area contributed by atoms with Crippen LogP contribution in [0.15, 0.2) is 27.9 Å². The number of aromatic nitrogens is 3. The topological polar surface area (TPSA) is 63.8 Å². The number of hydrogen-bond acceptors (Lipinski definition) is 6. The lowest BCUT2D eigenvalue weighted by Gasteiger charge is -2.07. The van der Waals surface area contributed by atoms with Gasteiger partial charge in [0.1, 0.15) is 5.03 Å². The summed E-state index contributed by atoms with van der Waals surface area (Å²) in [6.45, 7) is 1.94. The highest BCUT2D eigenvalue weighted by Crippen LogP contribution is 2.39. The second-order valence-electron chi connectivity index (χ2n) is 4.31. The van der Waals surface area contributed by atoms with E-state index in [0.717, 1.165) is 0 Å². The molecule has 0 amide bonds. The summed E-state index contributed by atoms with van der Waals surface area (Å²) < 4.78 is 42.6. The van der Waals surface area contributed by atoms with E-state index in [-0.39, 0.29) is 46.7 Å². The summed E-state index contributed by atoms with van der Waals surface area (Å²) in [5.41, 5.74) is -4.25. The van der Waals surface area contributed by atoms with E-state index >= 15 is 0 Å². The average molecular weight is 355 g/mol. The summed E-state index contributed by atoms with van der Waals surface area (Å²) >= 11 is -0.301.